The van der Waals surface area contributed by atoms with Crippen molar-refractivity contribution in [1.29, 1.82) is 0 Å². The molecule has 1 aliphatic heterocycles. The van der Waals surface area contributed by atoms with Gasteiger partial charge in [0.15, 0.2) is 5.11 Å². The lowest BCUT2D eigenvalue weighted by atomic mass is 10.00. The van der Waals surface area contributed by atoms with E-state index < -0.39 is 0 Å². The topological polar surface area (TPSA) is 29.4 Å². The molecule has 0 saturated heterocycles. The normalized spacial score (nSPS) is 15.8. The Balaban J connectivity index is 1.68. The molecule has 1 atom stereocenters. The van der Waals surface area contributed by atoms with Crippen molar-refractivity contribution in [2.24, 2.45) is 0 Å². The minimum absolute atomic E-state index is 0.0692. The Kier molecular flexibility index (Phi) is 5.09. The lowest BCUT2D eigenvalue weighted by molar-refractivity contribution is 0.293. The number of thiocarbonyl (C=S) groups is 1. The van der Waals surface area contributed by atoms with Gasteiger partial charge in [0.2, 0.25) is 0 Å². The highest BCUT2D eigenvalue weighted by molar-refractivity contribution is 7.80. The molecule has 0 spiro atoms. The summed E-state index contributed by atoms with van der Waals surface area (Å²) in [5.41, 5.74) is 6.00. The quantitative estimate of drug-likeness (QED) is 0.642. The molecule has 5 heteroatoms. The number of methoxy groups -OCH3 is 1. The molecule has 0 amide bonds. The Bertz CT molecular complexity index is 993. The van der Waals surface area contributed by atoms with Crippen LogP contribution in [0.3, 0.4) is 0 Å². The van der Waals surface area contributed by atoms with Crippen LogP contribution < -0.4 is 10.1 Å². The largest absolute Gasteiger partial charge is 0.497 e. The molecule has 0 fully saturated rings. The fourth-order valence-corrected chi connectivity index (χ4v) is 4.12. The molecule has 2 aromatic carbocycles. The Hall–Kier alpha value is -2.79. The molecule has 4 nitrogen and oxygen atoms in total. The Morgan fingerprint density at radius 1 is 1.04 bits per heavy atom. The fourth-order valence-electron chi connectivity index (χ4n) is 3.81. The third kappa shape index (κ3) is 3.38. The number of ether oxygens (including phenoxy) is 1. The zero-order valence-corrected chi connectivity index (χ0v) is 17.3. The molecule has 4 rings (SSSR count). The van der Waals surface area contributed by atoms with Crippen LogP contribution >= 0.6 is 12.2 Å². The molecule has 1 N–H and O–H groups in total. The number of anilines is 1. The minimum atomic E-state index is 0.0692. The van der Waals surface area contributed by atoms with Crippen LogP contribution in [0.2, 0.25) is 0 Å². The Morgan fingerprint density at radius 2 is 1.82 bits per heavy atom. The monoisotopic (exact) mass is 391 g/mol. The maximum Gasteiger partial charge on any atom is 0.174 e. The third-order valence-corrected chi connectivity index (χ3v) is 5.91. The van der Waals surface area contributed by atoms with Gasteiger partial charge in [-0.05, 0) is 73.1 Å². The first kappa shape index (κ1) is 18.6. The van der Waals surface area contributed by atoms with E-state index in [-0.39, 0.29) is 6.04 Å². The number of aryl methyl sites for hydroxylation is 1. The van der Waals surface area contributed by atoms with E-state index in [2.05, 4.69) is 77.3 Å². The predicted molar refractivity (Wildman–Crippen MR) is 118 cm³/mol. The number of nitrogens with one attached hydrogen (secondary N) is 1. The van der Waals surface area contributed by atoms with E-state index in [4.69, 9.17) is 17.0 Å². The van der Waals surface area contributed by atoms with E-state index in [1.165, 1.54) is 22.4 Å². The molecule has 3 aromatic rings. The van der Waals surface area contributed by atoms with E-state index in [0.29, 0.717) is 0 Å². The summed E-state index contributed by atoms with van der Waals surface area (Å²) in [6.07, 6.45) is 2.14. The molecule has 1 unspecified atom stereocenters. The second-order valence-corrected chi connectivity index (χ2v) is 7.56. The number of nitrogens with zero attached hydrogens (tertiary/aromatic N) is 2. The molecule has 28 heavy (non-hydrogen) atoms. The summed E-state index contributed by atoms with van der Waals surface area (Å²) in [4.78, 5) is 2.29. The van der Waals surface area contributed by atoms with Gasteiger partial charge in [0.1, 0.15) is 5.75 Å². The van der Waals surface area contributed by atoms with Crippen LogP contribution in [-0.4, -0.2) is 28.2 Å². The third-order valence-electron chi connectivity index (χ3n) is 5.58. The number of rotatable bonds is 3. The summed E-state index contributed by atoms with van der Waals surface area (Å²) in [6.45, 7) is 6.03. The zero-order valence-electron chi connectivity index (χ0n) is 16.5. The molecule has 0 bridgehead atoms. The van der Waals surface area contributed by atoms with E-state index >= 15 is 0 Å². The van der Waals surface area contributed by atoms with Crippen molar-refractivity contribution < 1.29 is 4.74 Å². The van der Waals surface area contributed by atoms with Crippen molar-refractivity contribution in [3.05, 3.63) is 83.2 Å². The van der Waals surface area contributed by atoms with Gasteiger partial charge in [-0.1, -0.05) is 24.3 Å². The van der Waals surface area contributed by atoms with Crippen LogP contribution in [0.15, 0.2) is 60.8 Å². The molecule has 0 saturated carbocycles. The molecule has 0 aliphatic carbocycles. The van der Waals surface area contributed by atoms with Crippen LogP contribution in [0.4, 0.5) is 5.69 Å². The SMILES string of the molecule is COc1ccc(C2c3cccn3CCN2C(=S)Nc2cccc(C)c2C)cc1. The van der Waals surface area contributed by atoms with Gasteiger partial charge in [0, 0.05) is 30.7 Å². The first-order chi connectivity index (χ1) is 13.6. The first-order valence-corrected chi connectivity index (χ1v) is 9.92. The van der Waals surface area contributed by atoms with Crippen LogP contribution in [-0.2, 0) is 6.54 Å². The predicted octanol–water partition coefficient (Wildman–Crippen LogP) is 4.92. The molecular weight excluding hydrogens is 366 g/mol. The lowest BCUT2D eigenvalue weighted by Gasteiger charge is -2.39. The van der Waals surface area contributed by atoms with Crippen molar-refractivity contribution >= 4 is 23.0 Å². The van der Waals surface area contributed by atoms with E-state index in [9.17, 15) is 0 Å². The highest BCUT2D eigenvalue weighted by Crippen LogP contribution is 2.34. The van der Waals surface area contributed by atoms with E-state index in [1.54, 1.807) is 7.11 Å². The summed E-state index contributed by atoms with van der Waals surface area (Å²) in [5, 5.41) is 4.24. The van der Waals surface area contributed by atoms with Crippen molar-refractivity contribution in [2.45, 2.75) is 26.4 Å². The standard InChI is InChI=1S/C23H25N3OS/c1-16-6-4-7-20(17(16)2)24-23(28)26-15-14-25-13-5-8-21(25)22(26)18-9-11-19(27-3)12-10-18/h4-13,22H,14-15H2,1-3H3,(H,24,28). The molecule has 2 heterocycles. The van der Waals surface area contributed by atoms with Gasteiger partial charge >= 0.3 is 0 Å². The van der Waals surface area contributed by atoms with Crippen molar-refractivity contribution in [3.63, 3.8) is 0 Å². The van der Waals surface area contributed by atoms with Gasteiger partial charge in [-0.25, -0.2) is 0 Å². The second kappa shape index (κ2) is 7.68. The van der Waals surface area contributed by atoms with Gasteiger partial charge in [0.25, 0.3) is 0 Å². The van der Waals surface area contributed by atoms with Crippen LogP contribution in [0.5, 0.6) is 5.75 Å². The number of fused-ring (bicyclic) bond motifs is 1. The number of hydrogen-bond donors (Lipinski definition) is 1. The maximum absolute atomic E-state index is 5.87. The summed E-state index contributed by atoms with van der Waals surface area (Å²) in [6, 6.07) is 18.9. The second-order valence-electron chi connectivity index (χ2n) is 7.17. The number of benzene rings is 2. The van der Waals surface area contributed by atoms with Gasteiger partial charge < -0.3 is 19.5 Å². The number of aromatic nitrogens is 1. The van der Waals surface area contributed by atoms with Gasteiger partial charge in [-0.2, -0.15) is 0 Å². The summed E-state index contributed by atoms with van der Waals surface area (Å²) in [7, 11) is 1.69. The summed E-state index contributed by atoms with van der Waals surface area (Å²) < 4.78 is 7.64. The zero-order chi connectivity index (χ0) is 19.7. The molecule has 144 valence electrons. The lowest BCUT2D eigenvalue weighted by Crippen LogP contribution is -2.44. The molecular formula is C23H25N3OS. The van der Waals surface area contributed by atoms with Gasteiger partial charge in [-0.3, -0.25) is 0 Å². The van der Waals surface area contributed by atoms with Gasteiger partial charge in [0.05, 0.1) is 13.2 Å². The number of hydrogen-bond acceptors (Lipinski definition) is 2. The van der Waals surface area contributed by atoms with E-state index in [0.717, 1.165) is 29.6 Å². The molecule has 1 aromatic heterocycles. The average Bonchev–Trinajstić information content (AvgIpc) is 3.19. The summed E-state index contributed by atoms with van der Waals surface area (Å²) >= 11 is 5.87. The van der Waals surface area contributed by atoms with Crippen molar-refractivity contribution in [2.75, 3.05) is 19.0 Å². The van der Waals surface area contributed by atoms with Crippen molar-refractivity contribution in [1.82, 2.24) is 9.47 Å². The van der Waals surface area contributed by atoms with Crippen LogP contribution in [0.1, 0.15) is 28.4 Å². The van der Waals surface area contributed by atoms with Crippen LogP contribution in [0.25, 0.3) is 0 Å². The van der Waals surface area contributed by atoms with Crippen molar-refractivity contribution in [3.8, 4) is 5.75 Å². The molecule has 0 radical (unpaired) electrons. The Morgan fingerprint density at radius 3 is 2.57 bits per heavy atom. The Labute approximate surface area is 171 Å². The van der Waals surface area contributed by atoms with Crippen LogP contribution in [0, 0.1) is 13.8 Å². The first-order valence-electron chi connectivity index (χ1n) is 9.51. The smallest absolute Gasteiger partial charge is 0.174 e. The highest BCUT2D eigenvalue weighted by atomic mass is 32.1. The molecule has 1 aliphatic rings. The maximum atomic E-state index is 5.87. The summed E-state index contributed by atoms with van der Waals surface area (Å²) in [5.74, 6) is 0.859. The fraction of sp³-hybridized carbons (Fsp3) is 0.261. The minimum Gasteiger partial charge on any atom is -0.497 e. The van der Waals surface area contributed by atoms with E-state index in [1.807, 2.05) is 12.1 Å². The van der Waals surface area contributed by atoms with Gasteiger partial charge in [-0.15, -0.1) is 0 Å². The highest BCUT2D eigenvalue weighted by Gasteiger charge is 2.30. The average molecular weight is 392 g/mol.